The number of nitrogens with one attached hydrogen (secondary N) is 2. The smallest absolute Gasteiger partial charge is 0.413 e. The summed E-state index contributed by atoms with van der Waals surface area (Å²) in [7, 11) is 3.06. The summed E-state index contributed by atoms with van der Waals surface area (Å²) in [6.07, 6.45) is 3.44. The van der Waals surface area contributed by atoms with E-state index in [1.54, 1.807) is 7.05 Å². The molecule has 0 bridgehead atoms. The largest absolute Gasteiger partial charge is 0.465 e. The van der Waals surface area contributed by atoms with Crippen LogP contribution in [0.15, 0.2) is 0 Å². The number of unbranched alkanes of at least 4 members (excludes halogenated alkanes) is 3. The van der Waals surface area contributed by atoms with Crippen LogP contribution in [0.4, 0.5) is 22.6 Å². The molecule has 0 atom stereocenters. The average Bonchev–Trinajstić information content (AvgIpc) is 2.45. The highest BCUT2D eigenvalue weighted by molar-refractivity contribution is 5.83. The Morgan fingerprint density at radius 3 is 2.50 bits per heavy atom. The quantitative estimate of drug-likeness (QED) is 0.627. The number of carbonyl (C=O) groups is 1. The van der Waals surface area contributed by atoms with Gasteiger partial charge in [0.1, 0.15) is 0 Å². The Labute approximate surface area is 118 Å². The maximum Gasteiger partial charge on any atom is 0.413 e. The monoisotopic (exact) mass is 282 g/mol. The number of anilines is 3. The number of hydrogen-bond donors (Lipinski definition) is 3. The van der Waals surface area contributed by atoms with Crippen LogP contribution in [-0.2, 0) is 0 Å². The van der Waals surface area contributed by atoms with Crippen LogP contribution in [0, 0.1) is 0 Å². The van der Waals surface area contributed by atoms with Crippen molar-refractivity contribution in [2.45, 2.75) is 32.6 Å². The molecule has 8 heteroatoms. The summed E-state index contributed by atoms with van der Waals surface area (Å²) >= 11 is 0. The van der Waals surface area contributed by atoms with Gasteiger partial charge in [0.05, 0.1) is 0 Å². The Balaban J connectivity index is 2.70. The number of hydrogen-bond acceptors (Lipinski definition) is 6. The summed E-state index contributed by atoms with van der Waals surface area (Å²) < 4.78 is 0. The summed E-state index contributed by atoms with van der Waals surface area (Å²) in [6, 6.07) is 0. The van der Waals surface area contributed by atoms with Gasteiger partial charge >= 0.3 is 6.09 Å². The third-order valence-electron chi connectivity index (χ3n) is 2.75. The van der Waals surface area contributed by atoms with Crippen molar-refractivity contribution in [1.29, 1.82) is 0 Å². The third kappa shape index (κ3) is 4.87. The van der Waals surface area contributed by atoms with E-state index in [2.05, 4.69) is 32.5 Å². The molecule has 0 radical (unpaired) electrons. The highest BCUT2D eigenvalue weighted by Gasteiger charge is 2.14. The summed E-state index contributed by atoms with van der Waals surface area (Å²) in [5.74, 6) is 0.802. The lowest BCUT2D eigenvalue weighted by atomic mass is 10.2. The van der Waals surface area contributed by atoms with Gasteiger partial charge in [0, 0.05) is 20.6 Å². The van der Waals surface area contributed by atoms with Gasteiger partial charge in [0.25, 0.3) is 0 Å². The lowest BCUT2D eigenvalue weighted by Crippen LogP contribution is -2.27. The molecule has 0 saturated heterocycles. The molecule has 0 unspecified atom stereocenters. The maximum atomic E-state index is 10.9. The second kappa shape index (κ2) is 8.13. The molecule has 0 spiro atoms. The van der Waals surface area contributed by atoms with Crippen molar-refractivity contribution in [3.05, 3.63) is 0 Å². The average molecular weight is 282 g/mol. The zero-order valence-electron chi connectivity index (χ0n) is 12.2. The van der Waals surface area contributed by atoms with Crippen molar-refractivity contribution in [2.75, 3.05) is 36.2 Å². The van der Waals surface area contributed by atoms with Gasteiger partial charge in [-0.3, -0.25) is 0 Å². The normalized spacial score (nSPS) is 10.2. The van der Waals surface area contributed by atoms with Crippen LogP contribution in [0.25, 0.3) is 0 Å². The molecule has 8 nitrogen and oxygen atoms in total. The first-order chi connectivity index (χ1) is 9.58. The highest BCUT2D eigenvalue weighted by Crippen LogP contribution is 2.12. The molecule has 0 aliphatic rings. The first-order valence-corrected chi connectivity index (χ1v) is 6.72. The minimum Gasteiger partial charge on any atom is -0.465 e. The highest BCUT2D eigenvalue weighted by atomic mass is 16.4. The van der Waals surface area contributed by atoms with Crippen LogP contribution >= 0.6 is 0 Å². The van der Waals surface area contributed by atoms with Crippen LogP contribution in [-0.4, -0.2) is 46.8 Å². The second-order valence-corrected chi connectivity index (χ2v) is 4.36. The predicted molar refractivity (Wildman–Crippen MR) is 78.4 cm³/mol. The number of carboxylic acid groups (broad SMARTS) is 1. The van der Waals surface area contributed by atoms with Gasteiger partial charge in [-0.05, 0) is 6.42 Å². The first-order valence-electron chi connectivity index (χ1n) is 6.72. The first kappa shape index (κ1) is 15.9. The molecule has 1 amide bonds. The molecule has 1 aromatic rings. The topological polar surface area (TPSA) is 103 Å². The van der Waals surface area contributed by atoms with Crippen LogP contribution in [0.1, 0.15) is 32.6 Å². The lowest BCUT2D eigenvalue weighted by molar-refractivity contribution is 0.203. The number of rotatable bonds is 8. The van der Waals surface area contributed by atoms with Crippen LogP contribution in [0.5, 0.6) is 0 Å². The van der Waals surface area contributed by atoms with Crippen molar-refractivity contribution in [3.63, 3.8) is 0 Å². The number of nitrogens with zero attached hydrogens (tertiary/aromatic N) is 4. The van der Waals surface area contributed by atoms with Gasteiger partial charge in [-0.2, -0.15) is 15.0 Å². The molecule has 1 rings (SSSR count). The molecular weight excluding hydrogens is 260 g/mol. The van der Waals surface area contributed by atoms with E-state index >= 15 is 0 Å². The van der Waals surface area contributed by atoms with E-state index < -0.39 is 6.09 Å². The Bertz CT molecular complexity index is 440. The van der Waals surface area contributed by atoms with Crippen LogP contribution < -0.4 is 15.5 Å². The van der Waals surface area contributed by atoms with Gasteiger partial charge in [-0.25, -0.2) is 9.69 Å². The summed E-state index contributed by atoms with van der Waals surface area (Å²) in [5.41, 5.74) is 0. The molecule has 1 aromatic heterocycles. The van der Waals surface area contributed by atoms with Crippen molar-refractivity contribution in [2.24, 2.45) is 0 Å². The fourth-order valence-corrected chi connectivity index (χ4v) is 1.54. The summed E-state index contributed by atoms with van der Waals surface area (Å²) in [6.45, 7) is 2.91. The van der Waals surface area contributed by atoms with E-state index in [4.69, 9.17) is 5.11 Å². The van der Waals surface area contributed by atoms with E-state index in [1.807, 2.05) is 0 Å². The summed E-state index contributed by atoms with van der Waals surface area (Å²) in [5, 5.41) is 14.8. The molecule has 3 N–H and O–H groups in total. The molecule has 0 aliphatic heterocycles. The van der Waals surface area contributed by atoms with Gasteiger partial charge in [-0.15, -0.1) is 0 Å². The van der Waals surface area contributed by atoms with E-state index in [0.717, 1.165) is 24.3 Å². The Morgan fingerprint density at radius 1 is 1.20 bits per heavy atom. The second-order valence-electron chi connectivity index (χ2n) is 4.36. The van der Waals surface area contributed by atoms with E-state index in [0.29, 0.717) is 11.9 Å². The molecule has 112 valence electrons. The molecule has 20 heavy (non-hydrogen) atoms. The minimum absolute atomic E-state index is 0.0907. The Kier molecular flexibility index (Phi) is 6.48. The molecule has 0 saturated carbocycles. The SMILES string of the molecule is CCCCCCNc1nc(NC)nc(N(C)C(=O)O)n1. The van der Waals surface area contributed by atoms with Crippen molar-refractivity contribution < 1.29 is 9.90 Å². The number of aromatic nitrogens is 3. The zero-order chi connectivity index (χ0) is 15.0. The molecule has 0 aromatic carbocycles. The fourth-order valence-electron chi connectivity index (χ4n) is 1.54. The standard InChI is InChI=1S/C12H22N6O2/c1-4-5-6-7-8-14-10-15-9(13-2)16-11(17-10)18(3)12(19)20/h4-8H2,1-3H3,(H,19,20)(H2,13,14,15,16,17). The molecule has 0 fully saturated rings. The van der Waals surface area contributed by atoms with Gasteiger partial charge in [0.2, 0.25) is 17.8 Å². The summed E-state index contributed by atoms with van der Waals surface area (Å²) in [4.78, 5) is 24.1. The molecule has 0 aliphatic carbocycles. The molecule has 1 heterocycles. The van der Waals surface area contributed by atoms with E-state index in [1.165, 1.54) is 19.9 Å². The van der Waals surface area contributed by atoms with Crippen molar-refractivity contribution in [3.8, 4) is 0 Å². The Morgan fingerprint density at radius 2 is 1.90 bits per heavy atom. The minimum atomic E-state index is -1.12. The van der Waals surface area contributed by atoms with Crippen LogP contribution in [0.2, 0.25) is 0 Å². The van der Waals surface area contributed by atoms with Crippen LogP contribution in [0.3, 0.4) is 0 Å². The Hall–Kier alpha value is -2.12. The molecular formula is C12H22N6O2. The van der Waals surface area contributed by atoms with Crippen molar-refractivity contribution >= 4 is 23.9 Å². The van der Waals surface area contributed by atoms with E-state index in [-0.39, 0.29) is 5.95 Å². The van der Waals surface area contributed by atoms with Gasteiger partial charge < -0.3 is 15.7 Å². The van der Waals surface area contributed by atoms with E-state index in [9.17, 15) is 4.79 Å². The predicted octanol–water partition coefficient (Wildman–Crippen LogP) is 2.02. The zero-order valence-corrected chi connectivity index (χ0v) is 12.2. The third-order valence-corrected chi connectivity index (χ3v) is 2.75. The van der Waals surface area contributed by atoms with Gasteiger partial charge in [-0.1, -0.05) is 26.2 Å². The van der Waals surface area contributed by atoms with Crippen molar-refractivity contribution in [1.82, 2.24) is 15.0 Å². The lowest BCUT2D eigenvalue weighted by Gasteiger charge is -2.13. The number of amides is 1. The fraction of sp³-hybridized carbons (Fsp3) is 0.667. The van der Waals surface area contributed by atoms with Gasteiger partial charge in [0.15, 0.2) is 0 Å². The maximum absolute atomic E-state index is 10.9.